The van der Waals surface area contributed by atoms with Gasteiger partial charge in [0.2, 0.25) is 10.0 Å². The molecule has 0 rings (SSSR count). The van der Waals surface area contributed by atoms with Gasteiger partial charge in [-0.3, -0.25) is 0 Å². The van der Waals surface area contributed by atoms with Crippen molar-refractivity contribution in [2.75, 3.05) is 25.6 Å². The summed E-state index contributed by atoms with van der Waals surface area (Å²) in [6.45, 7) is 8.22. The molecule has 104 valence electrons. The third-order valence-electron chi connectivity index (χ3n) is 2.75. The van der Waals surface area contributed by atoms with Crippen LogP contribution in [0.1, 0.15) is 27.7 Å². The van der Waals surface area contributed by atoms with Crippen LogP contribution in [0.5, 0.6) is 0 Å². The van der Waals surface area contributed by atoms with Crippen molar-refractivity contribution in [3.63, 3.8) is 0 Å². The van der Waals surface area contributed by atoms with Gasteiger partial charge >= 0.3 is 0 Å². The molecular formula is C11H26N2O2S2. The van der Waals surface area contributed by atoms with E-state index in [1.165, 1.54) is 4.31 Å². The molecule has 0 aromatic heterocycles. The molecule has 2 unspecified atom stereocenters. The third-order valence-corrected chi connectivity index (χ3v) is 5.91. The fourth-order valence-corrected chi connectivity index (χ4v) is 3.64. The Kier molecular flexibility index (Phi) is 7.71. The highest BCUT2D eigenvalue weighted by Crippen LogP contribution is 2.13. The van der Waals surface area contributed by atoms with E-state index in [-0.39, 0.29) is 11.3 Å². The highest BCUT2D eigenvalue weighted by Gasteiger charge is 2.28. The third kappa shape index (κ3) is 5.59. The van der Waals surface area contributed by atoms with Gasteiger partial charge in [0.1, 0.15) is 0 Å². The summed E-state index contributed by atoms with van der Waals surface area (Å²) in [5.41, 5.74) is 0. The van der Waals surface area contributed by atoms with Crippen molar-refractivity contribution >= 4 is 21.8 Å². The Morgan fingerprint density at radius 2 is 1.76 bits per heavy atom. The molecule has 0 saturated heterocycles. The van der Waals surface area contributed by atoms with E-state index >= 15 is 0 Å². The Balaban J connectivity index is 4.53. The van der Waals surface area contributed by atoms with Gasteiger partial charge in [-0.2, -0.15) is 11.8 Å². The van der Waals surface area contributed by atoms with Crippen LogP contribution in [0, 0.1) is 0 Å². The highest BCUT2D eigenvalue weighted by atomic mass is 32.2. The molecule has 0 radical (unpaired) electrons. The summed E-state index contributed by atoms with van der Waals surface area (Å²) in [7, 11) is -1.53. The van der Waals surface area contributed by atoms with Crippen LogP contribution in [0.15, 0.2) is 0 Å². The molecule has 6 heteroatoms. The summed E-state index contributed by atoms with van der Waals surface area (Å²) < 4.78 is 26.0. The number of thioether (sulfide) groups is 1. The number of nitrogens with one attached hydrogen (secondary N) is 1. The molecule has 0 aromatic carbocycles. The zero-order valence-corrected chi connectivity index (χ0v) is 13.4. The van der Waals surface area contributed by atoms with Gasteiger partial charge in [0.15, 0.2) is 0 Å². The average molecular weight is 282 g/mol. The zero-order chi connectivity index (χ0) is 13.6. The van der Waals surface area contributed by atoms with Gasteiger partial charge in [-0.05, 0) is 20.1 Å². The summed E-state index contributed by atoms with van der Waals surface area (Å²) in [5.74, 6) is 0.820. The summed E-state index contributed by atoms with van der Waals surface area (Å²) in [6.07, 6.45) is 1.99. The fourth-order valence-electron chi connectivity index (χ4n) is 1.39. The normalized spacial score (nSPS) is 16.5. The molecule has 0 aromatic rings. The number of nitrogens with zero attached hydrogens (tertiary/aromatic N) is 1. The molecule has 0 aliphatic rings. The molecule has 1 N–H and O–H groups in total. The van der Waals surface area contributed by atoms with E-state index in [9.17, 15) is 8.42 Å². The molecule has 0 aliphatic carbocycles. The molecule has 0 bridgehead atoms. The van der Waals surface area contributed by atoms with Crippen LogP contribution in [0.4, 0.5) is 0 Å². The minimum atomic E-state index is -3.20. The maximum atomic E-state index is 12.2. The van der Waals surface area contributed by atoms with Gasteiger partial charge < -0.3 is 5.32 Å². The molecular weight excluding hydrogens is 256 g/mol. The predicted molar refractivity (Wildman–Crippen MR) is 77.1 cm³/mol. The Bertz CT molecular complexity index is 305. The van der Waals surface area contributed by atoms with E-state index in [1.807, 2.05) is 27.0 Å². The molecule has 0 aliphatic heterocycles. The minimum absolute atomic E-state index is 0.0384. The van der Waals surface area contributed by atoms with Crippen LogP contribution >= 0.6 is 11.8 Å². The number of sulfonamides is 1. The second-order valence-electron chi connectivity index (χ2n) is 4.74. The van der Waals surface area contributed by atoms with Crippen LogP contribution in [-0.4, -0.2) is 55.7 Å². The highest BCUT2D eigenvalue weighted by molar-refractivity contribution is 7.98. The number of hydrogen-bond donors (Lipinski definition) is 1. The first kappa shape index (κ1) is 17.2. The predicted octanol–water partition coefficient (Wildman–Crippen LogP) is 1.39. The molecule has 0 saturated carbocycles. The quantitative estimate of drug-likeness (QED) is 0.731. The van der Waals surface area contributed by atoms with E-state index in [0.717, 1.165) is 5.75 Å². The van der Waals surface area contributed by atoms with E-state index in [1.54, 1.807) is 25.7 Å². The van der Waals surface area contributed by atoms with Crippen LogP contribution in [0.2, 0.25) is 0 Å². The summed E-state index contributed by atoms with van der Waals surface area (Å²) in [5, 5.41) is 2.78. The lowest BCUT2D eigenvalue weighted by atomic mass is 10.3. The monoisotopic (exact) mass is 282 g/mol. The summed E-state index contributed by atoms with van der Waals surface area (Å²) >= 11 is 1.66. The van der Waals surface area contributed by atoms with Crippen LogP contribution in [0.3, 0.4) is 0 Å². The van der Waals surface area contributed by atoms with Crippen LogP contribution < -0.4 is 5.32 Å². The Morgan fingerprint density at radius 3 is 2.18 bits per heavy atom. The lowest BCUT2D eigenvalue weighted by Gasteiger charge is -2.27. The van der Waals surface area contributed by atoms with E-state index in [0.29, 0.717) is 12.6 Å². The van der Waals surface area contributed by atoms with Crippen molar-refractivity contribution in [3.8, 4) is 0 Å². The van der Waals surface area contributed by atoms with E-state index in [4.69, 9.17) is 0 Å². The molecule has 4 nitrogen and oxygen atoms in total. The molecule has 0 amide bonds. The van der Waals surface area contributed by atoms with Gasteiger partial charge in [0.05, 0.1) is 5.25 Å². The smallest absolute Gasteiger partial charge is 0.217 e. The fraction of sp³-hybridized carbons (Fsp3) is 1.00. The van der Waals surface area contributed by atoms with Crippen molar-refractivity contribution in [1.82, 2.24) is 9.62 Å². The second-order valence-corrected chi connectivity index (χ2v) is 8.06. The first-order valence-electron chi connectivity index (χ1n) is 5.92. The van der Waals surface area contributed by atoms with Gasteiger partial charge in [-0.25, -0.2) is 12.7 Å². The topological polar surface area (TPSA) is 49.4 Å². The van der Waals surface area contributed by atoms with Crippen LogP contribution in [-0.2, 0) is 10.0 Å². The van der Waals surface area contributed by atoms with Crippen molar-refractivity contribution in [1.29, 1.82) is 0 Å². The van der Waals surface area contributed by atoms with E-state index < -0.39 is 10.0 Å². The maximum absolute atomic E-state index is 12.2. The number of rotatable bonds is 8. The zero-order valence-electron chi connectivity index (χ0n) is 11.7. The van der Waals surface area contributed by atoms with Gasteiger partial charge in [0.25, 0.3) is 0 Å². The molecule has 2 atom stereocenters. The molecule has 17 heavy (non-hydrogen) atoms. The van der Waals surface area contributed by atoms with Gasteiger partial charge in [-0.15, -0.1) is 0 Å². The first-order valence-corrected chi connectivity index (χ1v) is 8.82. The Labute approximate surface area is 111 Å². The standard InChI is InChI=1S/C11H26N2O2S2/c1-9(2)12-7-11(4)17(14,15)13(5)10(3)8-16-6/h9-12H,7-8H2,1-6H3. The van der Waals surface area contributed by atoms with E-state index in [2.05, 4.69) is 5.32 Å². The SMILES string of the molecule is CSCC(C)N(C)S(=O)(=O)C(C)CNC(C)C. The Hall–Kier alpha value is 0.220. The van der Waals surface area contributed by atoms with Crippen LogP contribution in [0.25, 0.3) is 0 Å². The minimum Gasteiger partial charge on any atom is -0.313 e. The second kappa shape index (κ2) is 7.61. The molecule has 0 heterocycles. The lowest BCUT2D eigenvalue weighted by molar-refractivity contribution is 0.405. The average Bonchev–Trinajstić information content (AvgIpc) is 2.24. The molecule has 0 fully saturated rings. The summed E-state index contributed by atoms with van der Waals surface area (Å²) in [6, 6.07) is 0.345. The van der Waals surface area contributed by atoms with Crippen molar-refractivity contribution in [3.05, 3.63) is 0 Å². The summed E-state index contributed by atoms with van der Waals surface area (Å²) in [4.78, 5) is 0. The lowest BCUT2D eigenvalue weighted by Crippen LogP contribution is -2.45. The Morgan fingerprint density at radius 1 is 1.24 bits per heavy atom. The van der Waals surface area contributed by atoms with Crippen molar-refractivity contribution in [2.24, 2.45) is 0 Å². The number of hydrogen-bond acceptors (Lipinski definition) is 4. The van der Waals surface area contributed by atoms with Crippen molar-refractivity contribution < 1.29 is 8.42 Å². The largest absolute Gasteiger partial charge is 0.313 e. The molecule has 0 spiro atoms. The van der Waals surface area contributed by atoms with Gasteiger partial charge in [0, 0.05) is 31.4 Å². The maximum Gasteiger partial charge on any atom is 0.217 e. The first-order chi connectivity index (χ1) is 7.73. The van der Waals surface area contributed by atoms with Gasteiger partial charge in [-0.1, -0.05) is 13.8 Å². The van der Waals surface area contributed by atoms with Crippen molar-refractivity contribution in [2.45, 2.75) is 45.0 Å².